The van der Waals surface area contributed by atoms with E-state index in [9.17, 15) is 9.90 Å². The van der Waals surface area contributed by atoms with E-state index in [2.05, 4.69) is 14.9 Å². The molecule has 0 aromatic carbocycles. The van der Waals surface area contributed by atoms with E-state index in [1.54, 1.807) is 13.0 Å². The number of aliphatic hydroxyl groups is 1. The van der Waals surface area contributed by atoms with E-state index in [0.29, 0.717) is 24.6 Å². The Balaban J connectivity index is 2.23. The monoisotopic (exact) mass is 297 g/mol. The predicted octanol–water partition coefficient (Wildman–Crippen LogP) is 1.34. The normalized spacial score (nSPS) is 16.2. The van der Waals surface area contributed by atoms with Crippen LogP contribution in [0.5, 0.6) is 0 Å². The molecule has 1 aliphatic heterocycles. The van der Waals surface area contributed by atoms with E-state index < -0.39 is 5.97 Å². The Hall–Kier alpha value is -1.34. The minimum Gasteiger partial charge on any atom is -0.461 e. The maximum absolute atomic E-state index is 11.8. The van der Waals surface area contributed by atoms with Crippen molar-refractivity contribution in [1.82, 2.24) is 9.97 Å². The van der Waals surface area contributed by atoms with Gasteiger partial charge < -0.3 is 14.7 Å². The molecular weight excluding hydrogens is 278 g/mol. The largest absolute Gasteiger partial charge is 0.461 e. The number of rotatable bonds is 4. The van der Waals surface area contributed by atoms with Crippen molar-refractivity contribution in [2.75, 3.05) is 30.9 Å². The third-order valence-electron chi connectivity index (χ3n) is 3.15. The lowest BCUT2D eigenvalue weighted by atomic mass is 10.1. The zero-order valence-corrected chi connectivity index (χ0v) is 12.5. The van der Waals surface area contributed by atoms with Crippen molar-refractivity contribution in [3.8, 4) is 0 Å². The summed E-state index contributed by atoms with van der Waals surface area (Å²) in [5.74, 6) is 0.294. The zero-order valence-electron chi connectivity index (χ0n) is 11.7. The number of carbonyl (C=O) groups is 1. The second-order valence-corrected chi connectivity index (χ2v) is 5.31. The van der Waals surface area contributed by atoms with Crippen molar-refractivity contribution in [2.24, 2.45) is 0 Å². The molecule has 0 bridgehead atoms. The predicted molar refractivity (Wildman–Crippen MR) is 77.2 cm³/mol. The Kier molecular flexibility index (Phi) is 5.19. The van der Waals surface area contributed by atoms with Crippen LogP contribution in [0.15, 0.2) is 11.2 Å². The molecule has 0 atom stereocenters. The fourth-order valence-corrected chi connectivity index (χ4v) is 2.45. The molecule has 0 amide bonds. The highest BCUT2D eigenvalue weighted by Crippen LogP contribution is 2.21. The number of anilines is 1. The first-order valence-corrected chi connectivity index (χ1v) is 7.89. The number of aromatic nitrogens is 2. The average molecular weight is 297 g/mol. The van der Waals surface area contributed by atoms with Gasteiger partial charge in [-0.3, -0.25) is 0 Å². The zero-order chi connectivity index (χ0) is 14.5. The fourth-order valence-electron chi connectivity index (χ4n) is 2.07. The molecule has 7 heteroatoms. The van der Waals surface area contributed by atoms with E-state index >= 15 is 0 Å². The minimum atomic E-state index is -0.427. The van der Waals surface area contributed by atoms with E-state index in [0.717, 1.165) is 18.9 Å². The van der Waals surface area contributed by atoms with Crippen LogP contribution in [0, 0.1) is 0 Å². The molecule has 2 rings (SSSR count). The van der Waals surface area contributed by atoms with E-state index in [1.807, 2.05) is 6.26 Å². The van der Waals surface area contributed by atoms with Crippen molar-refractivity contribution in [3.05, 3.63) is 11.8 Å². The Morgan fingerprint density at radius 2 is 2.20 bits per heavy atom. The molecule has 2 heterocycles. The number of hydrogen-bond acceptors (Lipinski definition) is 7. The van der Waals surface area contributed by atoms with Crippen LogP contribution in [0.2, 0.25) is 0 Å². The third kappa shape index (κ3) is 3.61. The molecule has 110 valence electrons. The van der Waals surface area contributed by atoms with Crippen LogP contribution in [0.3, 0.4) is 0 Å². The maximum Gasteiger partial charge on any atom is 0.357 e. The smallest absolute Gasteiger partial charge is 0.357 e. The van der Waals surface area contributed by atoms with Gasteiger partial charge in [-0.15, -0.1) is 0 Å². The highest BCUT2D eigenvalue weighted by atomic mass is 32.2. The molecule has 1 saturated heterocycles. The van der Waals surface area contributed by atoms with Crippen LogP contribution in [0.25, 0.3) is 0 Å². The molecule has 1 fully saturated rings. The van der Waals surface area contributed by atoms with E-state index in [1.165, 1.54) is 11.8 Å². The molecule has 0 saturated carbocycles. The van der Waals surface area contributed by atoms with Crippen molar-refractivity contribution >= 4 is 23.5 Å². The number of ether oxygens (including phenoxy) is 1. The van der Waals surface area contributed by atoms with Gasteiger partial charge in [0.2, 0.25) is 0 Å². The van der Waals surface area contributed by atoms with Gasteiger partial charge in [-0.1, -0.05) is 11.8 Å². The van der Waals surface area contributed by atoms with Gasteiger partial charge in [-0.05, 0) is 26.0 Å². The van der Waals surface area contributed by atoms with Crippen molar-refractivity contribution < 1.29 is 14.6 Å². The molecule has 1 aromatic heterocycles. The summed E-state index contributed by atoms with van der Waals surface area (Å²) >= 11 is 1.39. The Morgan fingerprint density at radius 1 is 1.50 bits per heavy atom. The lowest BCUT2D eigenvalue weighted by Crippen LogP contribution is -2.36. The van der Waals surface area contributed by atoms with Gasteiger partial charge >= 0.3 is 5.97 Å². The Labute approximate surface area is 122 Å². The van der Waals surface area contributed by atoms with Crippen molar-refractivity contribution in [2.45, 2.75) is 31.0 Å². The standard InChI is InChI=1S/C13H19N3O3S/c1-3-19-12(18)10-8-11(15-13(14-10)20-2)16-6-4-9(17)5-7-16/h8-9,17H,3-7H2,1-2H3. The maximum atomic E-state index is 11.8. The molecule has 6 nitrogen and oxygen atoms in total. The van der Waals surface area contributed by atoms with Crippen molar-refractivity contribution in [3.63, 3.8) is 0 Å². The topological polar surface area (TPSA) is 75.5 Å². The number of nitrogens with zero attached hydrogens (tertiary/aromatic N) is 3. The molecule has 0 aliphatic carbocycles. The van der Waals surface area contributed by atoms with Crippen LogP contribution in [-0.4, -0.2) is 53.1 Å². The highest BCUT2D eigenvalue weighted by molar-refractivity contribution is 7.98. The van der Waals surface area contributed by atoms with E-state index in [4.69, 9.17) is 4.74 Å². The third-order valence-corrected chi connectivity index (χ3v) is 3.70. The van der Waals surface area contributed by atoms with Crippen LogP contribution in [0.1, 0.15) is 30.3 Å². The van der Waals surface area contributed by atoms with Gasteiger partial charge in [0.05, 0.1) is 12.7 Å². The fraction of sp³-hybridized carbons (Fsp3) is 0.615. The number of thioether (sulfide) groups is 1. The summed E-state index contributed by atoms with van der Waals surface area (Å²) in [7, 11) is 0. The second kappa shape index (κ2) is 6.90. The van der Waals surface area contributed by atoms with Crippen LogP contribution < -0.4 is 4.90 Å². The quantitative estimate of drug-likeness (QED) is 0.510. The summed E-state index contributed by atoms with van der Waals surface area (Å²) in [6.45, 7) is 3.55. The number of aliphatic hydroxyl groups excluding tert-OH is 1. The summed E-state index contributed by atoms with van der Waals surface area (Å²) in [4.78, 5) is 22.5. The van der Waals surface area contributed by atoms with Gasteiger partial charge in [-0.25, -0.2) is 14.8 Å². The molecule has 1 aliphatic rings. The molecule has 0 spiro atoms. The molecular formula is C13H19N3O3S. The summed E-state index contributed by atoms with van der Waals surface area (Å²) < 4.78 is 4.99. The lowest BCUT2D eigenvalue weighted by Gasteiger charge is -2.30. The molecule has 0 unspecified atom stereocenters. The number of esters is 1. The minimum absolute atomic E-state index is 0.238. The molecule has 1 aromatic rings. The SMILES string of the molecule is CCOC(=O)c1cc(N2CCC(O)CC2)nc(SC)n1. The second-order valence-electron chi connectivity index (χ2n) is 4.54. The Morgan fingerprint density at radius 3 is 2.80 bits per heavy atom. The van der Waals surface area contributed by atoms with Crippen LogP contribution in [0.4, 0.5) is 5.82 Å². The average Bonchev–Trinajstić information content (AvgIpc) is 2.47. The first kappa shape index (κ1) is 15.1. The van der Waals surface area contributed by atoms with Gasteiger partial charge in [0.15, 0.2) is 10.9 Å². The number of carbonyl (C=O) groups excluding carboxylic acids is 1. The van der Waals surface area contributed by atoms with Crippen molar-refractivity contribution in [1.29, 1.82) is 0 Å². The summed E-state index contributed by atoms with van der Waals surface area (Å²) in [6.07, 6.45) is 3.06. The van der Waals surface area contributed by atoms with Crippen LogP contribution in [-0.2, 0) is 4.74 Å². The van der Waals surface area contributed by atoms with Gasteiger partial charge in [0.25, 0.3) is 0 Å². The highest BCUT2D eigenvalue weighted by Gasteiger charge is 2.21. The number of piperidine rings is 1. The molecule has 1 N–H and O–H groups in total. The molecule has 0 radical (unpaired) electrons. The summed E-state index contributed by atoms with van der Waals surface area (Å²) in [6, 6.07) is 1.66. The summed E-state index contributed by atoms with van der Waals surface area (Å²) in [5, 5.41) is 10.1. The van der Waals surface area contributed by atoms with Crippen LogP contribution >= 0.6 is 11.8 Å². The summed E-state index contributed by atoms with van der Waals surface area (Å²) in [5.41, 5.74) is 0.285. The first-order chi connectivity index (χ1) is 9.63. The van der Waals surface area contributed by atoms with Gasteiger partial charge in [0, 0.05) is 19.2 Å². The van der Waals surface area contributed by atoms with E-state index in [-0.39, 0.29) is 11.8 Å². The number of hydrogen-bond donors (Lipinski definition) is 1. The first-order valence-electron chi connectivity index (χ1n) is 6.67. The van der Waals surface area contributed by atoms with Gasteiger partial charge in [-0.2, -0.15) is 0 Å². The Bertz CT molecular complexity index is 476. The van der Waals surface area contributed by atoms with Gasteiger partial charge in [0.1, 0.15) is 5.82 Å². The molecule has 20 heavy (non-hydrogen) atoms. The lowest BCUT2D eigenvalue weighted by molar-refractivity contribution is 0.0518.